The van der Waals surface area contributed by atoms with Crippen LogP contribution in [0, 0.1) is 0 Å². The second kappa shape index (κ2) is 2.88. The predicted molar refractivity (Wildman–Crippen MR) is 42.3 cm³/mol. The highest BCUT2D eigenvalue weighted by molar-refractivity contribution is 7.11. The Morgan fingerprint density at radius 3 is 2.80 bits per heavy atom. The van der Waals surface area contributed by atoms with Crippen LogP contribution in [0.2, 0.25) is 0 Å². The SMILES string of the molecule is CC(C)Oc1nc(N)cs1. The molecule has 0 aromatic carbocycles. The molecule has 0 fully saturated rings. The van der Waals surface area contributed by atoms with Gasteiger partial charge in [-0.3, -0.25) is 0 Å². The lowest BCUT2D eigenvalue weighted by atomic mass is 10.5. The molecule has 0 spiro atoms. The number of hydrogen-bond donors (Lipinski definition) is 1. The third-order valence-corrected chi connectivity index (χ3v) is 1.59. The summed E-state index contributed by atoms with van der Waals surface area (Å²) in [5.74, 6) is 0.528. The summed E-state index contributed by atoms with van der Waals surface area (Å²) in [6, 6.07) is 0. The Balaban J connectivity index is 2.58. The van der Waals surface area contributed by atoms with E-state index in [0.717, 1.165) is 0 Å². The Labute approximate surface area is 63.8 Å². The molecule has 0 aliphatic rings. The van der Waals surface area contributed by atoms with Crippen molar-refractivity contribution in [2.75, 3.05) is 5.73 Å². The third-order valence-electron chi connectivity index (χ3n) is 0.837. The van der Waals surface area contributed by atoms with Gasteiger partial charge in [-0.2, -0.15) is 4.98 Å². The molecule has 0 aliphatic heterocycles. The van der Waals surface area contributed by atoms with Crippen LogP contribution in [-0.2, 0) is 0 Å². The van der Waals surface area contributed by atoms with Crippen molar-refractivity contribution in [1.29, 1.82) is 0 Å². The molecule has 0 amide bonds. The average molecular weight is 158 g/mol. The van der Waals surface area contributed by atoms with Crippen LogP contribution < -0.4 is 10.5 Å². The highest BCUT2D eigenvalue weighted by Gasteiger charge is 2.00. The van der Waals surface area contributed by atoms with Crippen LogP contribution in [0.3, 0.4) is 0 Å². The fraction of sp³-hybridized carbons (Fsp3) is 0.500. The summed E-state index contributed by atoms with van der Waals surface area (Å²) in [6.07, 6.45) is 0.172. The van der Waals surface area contributed by atoms with E-state index in [1.165, 1.54) is 11.3 Å². The zero-order valence-electron chi connectivity index (χ0n) is 6.00. The molecule has 1 aromatic rings. The lowest BCUT2D eigenvalue weighted by molar-refractivity contribution is 0.241. The summed E-state index contributed by atoms with van der Waals surface area (Å²) >= 11 is 1.42. The number of rotatable bonds is 2. The van der Waals surface area contributed by atoms with Gasteiger partial charge in [-0.15, -0.1) is 0 Å². The number of thiazole rings is 1. The maximum Gasteiger partial charge on any atom is 0.275 e. The number of hydrogen-bond acceptors (Lipinski definition) is 4. The molecule has 1 rings (SSSR count). The number of ether oxygens (including phenoxy) is 1. The third kappa shape index (κ3) is 1.88. The molecule has 0 aliphatic carbocycles. The van der Waals surface area contributed by atoms with Crippen LogP contribution >= 0.6 is 11.3 Å². The Bertz CT molecular complexity index is 209. The summed E-state index contributed by atoms with van der Waals surface area (Å²) in [5.41, 5.74) is 5.37. The van der Waals surface area contributed by atoms with Gasteiger partial charge in [0.1, 0.15) is 5.82 Å². The normalized spacial score (nSPS) is 10.3. The maximum absolute atomic E-state index is 5.37. The number of aromatic nitrogens is 1. The quantitative estimate of drug-likeness (QED) is 0.709. The Morgan fingerprint density at radius 2 is 2.40 bits per heavy atom. The van der Waals surface area contributed by atoms with Gasteiger partial charge in [0.2, 0.25) is 0 Å². The van der Waals surface area contributed by atoms with E-state index >= 15 is 0 Å². The number of nitrogens with two attached hydrogens (primary N) is 1. The smallest absolute Gasteiger partial charge is 0.275 e. The van der Waals surface area contributed by atoms with Gasteiger partial charge in [-0.1, -0.05) is 11.3 Å². The molecule has 0 saturated carbocycles. The maximum atomic E-state index is 5.37. The van der Waals surface area contributed by atoms with Crippen LogP contribution in [-0.4, -0.2) is 11.1 Å². The molecule has 1 heterocycles. The van der Waals surface area contributed by atoms with Crippen molar-refractivity contribution < 1.29 is 4.74 Å². The molecule has 0 saturated heterocycles. The Morgan fingerprint density at radius 1 is 1.70 bits per heavy atom. The highest BCUT2D eigenvalue weighted by Crippen LogP contribution is 2.19. The summed E-state index contributed by atoms with van der Waals surface area (Å²) < 4.78 is 5.26. The van der Waals surface area contributed by atoms with E-state index in [1.807, 2.05) is 13.8 Å². The van der Waals surface area contributed by atoms with E-state index in [-0.39, 0.29) is 6.10 Å². The number of nitrogen functional groups attached to an aromatic ring is 1. The highest BCUT2D eigenvalue weighted by atomic mass is 32.1. The molecule has 0 unspecified atom stereocenters. The average Bonchev–Trinajstić information content (AvgIpc) is 2.13. The lowest BCUT2D eigenvalue weighted by Crippen LogP contribution is -2.05. The van der Waals surface area contributed by atoms with Crippen molar-refractivity contribution in [1.82, 2.24) is 4.98 Å². The minimum absolute atomic E-state index is 0.172. The predicted octanol–water partition coefficient (Wildman–Crippen LogP) is 1.51. The van der Waals surface area contributed by atoms with E-state index in [1.54, 1.807) is 5.38 Å². The topological polar surface area (TPSA) is 48.1 Å². The van der Waals surface area contributed by atoms with Crippen molar-refractivity contribution in [2.45, 2.75) is 20.0 Å². The molecule has 2 N–H and O–H groups in total. The molecule has 1 aromatic heterocycles. The largest absolute Gasteiger partial charge is 0.467 e. The van der Waals surface area contributed by atoms with E-state index in [9.17, 15) is 0 Å². The summed E-state index contributed by atoms with van der Waals surface area (Å²) in [7, 11) is 0. The Kier molecular flexibility index (Phi) is 2.11. The summed E-state index contributed by atoms with van der Waals surface area (Å²) in [6.45, 7) is 3.91. The lowest BCUT2D eigenvalue weighted by Gasteiger charge is -2.03. The van der Waals surface area contributed by atoms with Gasteiger partial charge in [0.25, 0.3) is 5.19 Å². The minimum atomic E-state index is 0.172. The van der Waals surface area contributed by atoms with Crippen LogP contribution in [0.4, 0.5) is 5.82 Å². The molecule has 0 bridgehead atoms. The first-order valence-corrected chi connectivity index (χ1v) is 3.94. The number of nitrogens with zero attached hydrogens (tertiary/aromatic N) is 1. The first-order chi connectivity index (χ1) is 4.68. The standard InChI is InChI=1S/C6H10N2OS/c1-4(2)9-6-8-5(7)3-10-6/h3-4H,7H2,1-2H3. The van der Waals surface area contributed by atoms with Crippen LogP contribution in [0.25, 0.3) is 0 Å². The van der Waals surface area contributed by atoms with Gasteiger partial charge in [0.15, 0.2) is 0 Å². The molecule has 56 valence electrons. The van der Waals surface area contributed by atoms with Crippen molar-refractivity contribution in [2.24, 2.45) is 0 Å². The van der Waals surface area contributed by atoms with Crippen molar-refractivity contribution in [3.05, 3.63) is 5.38 Å². The minimum Gasteiger partial charge on any atom is -0.467 e. The zero-order valence-corrected chi connectivity index (χ0v) is 6.81. The first kappa shape index (κ1) is 7.34. The van der Waals surface area contributed by atoms with Crippen molar-refractivity contribution in [3.63, 3.8) is 0 Å². The van der Waals surface area contributed by atoms with Crippen LogP contribution in [0.1, 0.15) is 13.8 Å². The van der Waals surface area contributed by atoms with E-state index < -0.39 is 0 Å². The fourth-order valence-corrected chi connectivity index (χ4v) is 1.21. The van der Waals surface area contributed by atoms with Gasteiger partial charge >= 0.3 is 0 Å². The van der Waals surface area contributed by atoms with E-state index in [4.69, 9.17) is 10.5 Å². The molecule has 0 radical (unpaired) electrons. The van der Waals surface area contributed by atoms with Crippen molar-refractivity contribution >= 4 is 17.2 Å². The second-order valence-corrected chi connectivity index (χ2v) is 3.03. The van der Waals surface area contributed by atoms with Gasteiger partial charge in [0.05, 0.1) is 6.10 Å². The van der Waals surface area contributed by atoms with Crippen molar-refractivity contribution in [3.8, 4) is 5.19 Å². The van der Waals surface area contributed by atoms with E-state index in [0.29, 0.717) is 11.0 Å². The summed E-state index contributed by atoms with van der Waals surface area (Å²) in [5, 5.41) is 2.41. The van der Waals surface area contributed by atoms with Gasteiger partial charge in [-0.05, 0) is 13.8 Å². The van der Waals surface area contributed by atoms with Gasteiger partial charge in [0, 0.05) is 5.38 Å². The zero-order chi connectivity index (χ0) is 7.56. The molecule has 0 atom stereocenters. The van der Waals surface area contributed by atoms with E-state index in [2.05, 4.69) is 4.98 Å². The molecular formula is C6H10N2OS. The second-order valence-electron chi connectivity index (χ2n) is 2.20. The van der Waals surface area contributed by atoms with Gasteiger partial charge < -0.3 is 10.5 Å². The first-order valence-electron chi connectivity index (χ1n) is 3.06. The number of anilines is 1. The molecular weight excluding hydrogens is 148 g/mol. The monoisotopic (exact) mass is 158 g/mol. The fourth-order valence-electron chi connectivity index (χ4n) is 0.525. The van der Waals surface area contributed by atoms with Crippen LogP contribution in [0.5, 0.6) is 5.19 Å². The van der Waals surface area contributed by atoms with Crippen LogP contribution in [0.15, 0.2) is 5.38 Å². The molecule has 10 heavy (non-hydrogen) atoms. The Hall–Kier alpha value is -0.770. The summed E-state index contributed by atoms with van der Waals surface area (Å²) in [4.78, 5) is 3.92. The molecule has 3 nitrogen and oxygen atoms in total. The van der Waals surface area contributed by atoms with Gasteiger partial charge in [-0.25, -0.2) is 0 Å². The molecule has 4 heteroatoms.